The molecule has 2 N–H and O–H groups in total. The standard InChI is InChI=1S/C21H23N5O3S/c1-22-10-15-11-23-26(13-15)12-14-8-17(28-3)20-18(9-14)29-24-21(20)25-30-19-7-5-4-6-16(19)27-2/h4-9,11,13,22H,10,12H2,1-3H3,(H,24,25). The van der Waals surface area contributed by atoms with Crippen LogP contribution in [-0.4, -0.2) is 36.2 Å². The molecule has 0 amide bonds. The van der Waals surface area contributed by atoms with Gasteiger partial charge < -0.3 is 24.0 Å². The van der Waals surface area contributed by atoms with E-state index in [9.17, 15) is 0 Å². The lowest BCUT2D eigenvalue weighted by atomic mass is 10.1. The maximum Gasteiger partial charge on any atom is 0.191 e. The van der Waals surface area contributed by atoms with Crippen LogP contribution >= 0.6 is 11.9 Å². The molecule has 0 bridgehead atoms. The Kier molecular flexibility index (Phi) is 6.10. The highest BCUT2D eigenvalue weighted by Gasteiger charge is 2.16. The third-order valence-corrected chi connectivity index (χ3v) is 5.41. The largest absolute Gasteiger partial charge is 0.496 e. The van der Waals surface area contributed by atoms with E-state index in [4.69, 9.17) is 14.0 Å². The van der Waals surface area contributed by atoms with Crippen molar-refractivity contribution in [1.29, 1.82) is 0 Å². The van der Waals surface area contributed by atoms with Gasteiger partial charge in [-0.25, -0.2) is 0 Å². The summed E-state index contributed by atoms with van der Waals surface area (Å²) in [6, 6.07) is 11.7. The third-order valence-electron chi connectivity index (χ3n) is 4.56. The minimum absolute atomic E-state index is 0.597. The topological polar surface area (TPSA) is 86.4 Å². The van der Waals surface area contributed by atoms with Crippen molar-refractivity contribution in [3.63, 3.8) is 0 Å². The van der Waals surface area contributed by atoms with Crippen LogP contribution in [0.15, 0.2) is 58.2 Å². The van der Waals surface area contributed by atoms with Crippen molar-refractivity contribution in [3.8, 4) is 11.5 Å². The van der Waals surface area contributed by atoms with Crippen LogP contribution in [0.1, 0.15) is 11.1 Å². The molecule has 2 aromatic carbocycles. The zero-order valence-electron chi connectivity index (χ0n) is 17.0. The molecule has 0 saturated carbocycles. The molecule has 0 unspecified atom stereocenters. The summed E-state index contributed by atoms with van der Waals surface area (Å²) in [5.41, 5.74) is 2.79. The first-order valence-corrected chi connectivity index (χ1v) is 10.2. The van der Waals surface area contributed by atoms with Gasteiger partial charge in [0, 0.05) is 18.3 Å². The first-order valence-electron chi connectivity index (χ1n) is 9.40. The van der Waals surface area contributed by atoms with E-state index in [0.29, 0.717) is 23.7 Å². The van der Waals surface area contributed by atoms with Crippen molar-refractivity contribution in [2.75, 3.05) is 26.0 Å². The highest BCUT2D eigenvalue weighted by Crippen LogP contribution is 2.37. The van der Waals surface area contributed by atoms with E-state index in [-0.39, 0.29) is 0 Å². The van der Waals surface area contributed by atoms with Crippen molar-refractivity contribution >= 4 is 28.7 Å². The third kappa shape index (κ3) is 4.22. The van der Waals surface area contributed by atoms with Crippen LogP contribution in [0.4, 0.5) is 5.82 Å². The van der Waals surface area contributed by atoms with Gasteiger partial charge in [-0.1, -0.05) is 17.3 Å². The van der Waals surface area contributed by atoms with Gasteiger partial charge in [0.25, 0.3) is 0 Å². The molecule has 30 heavy (non-hydrogen) atoms. The fraction of sp³-hybridized carbons (Fsp3) is 0.238. The first kappa shape index (κ1) is 20.1. The fourth-order valence-corrected chi connectivity index (χ4v) is 3.94. The van der Waals surface area contributed by atoms with E-state index in [2.05, 4.69) is 20.3 Å². The Bertz CT molecular complexity index is 1140. The molecule has 2 aromatic heterocycles. The van der Waals surface area contributed by atoms with Crippen molar-refractivity contribution < 1.29 is 14.0 Å². The molecule has 0 spiro atoms. The van der Waals surface area contributed by atoms with E-state index >= 15 is 0 Å². The second kappa shape index (κ2) is 9.10. The maximum absolute atomic E-state index is 5.63. The molecular formula is C21H23N5O3S. The number of methoxy groups -OCH3 is 2. The van der Waals surface area contributed by atoms with E-state index in [0.717, 1.165) is 33.7 Å². The number of hydrogen-bond acceptors (Lipinski definition) is 8. The average Bonchev–Trinajstić information content (AvgIpc) is 3.39. The van der Waals surface area contributed by atoms with Crippen LogP contribution in [0.3, 0.4) is 0 Å². The summed E-state index contributed by atoms with van der Waals surface area (Å²) in [4.78, 5) is 0.947. The molecule has 0 atom stereocenters. The number of rotatable bonds is 9. The lowest BCUT2D eigenvalue weighted by Gasteiger charge is -2.09. The minimum Gasteiger partial charge on any atom is -0.496 e. The number of para-hydroxylation sites is 1. The van der Waals surface area contributed by atoms with Crippen LogP contribution in [0.25, 0.3) is 11.0 Å². The number of fused-ring (bicyclic) bond motifs is 1. The molecule has 0 fully saturated rings. The number of benzene rings is 2. The van der Waals surface area contributed by atoms with Gasteiger partial charge in [-0.2, -0.15) is 5.10 Å². The van der Waals surface area contributed by atoms with Gasteiger partial charge >= 0.3 is 0 Å². The zero-order valence-corrected chi connectivity index (χ0v) is 17.8. The Labute approximate surface area is 178 Å². The summed E-state index contributed by atoms with van der Waals surface area (Å²) < 4.78 is 21.7. The molecule has 0 aliphatic heterocycles. The molecule has 8 nitrogen and oxygen atoms in total. The van der Waals surface area contributed by atoms with E-state index in [1.54, 1.807) is 14.2 Å². The van der Waals surface area contributed by atoms with E-state index in [1.165, 1.54) is 11.9 Å². The van der Waals surface area contributed by atoms with E-state index < -0.39 is 0 Å². The molecule has 4 aromatic rings. The second-order valence-electron chi connectivity index (χ2n) is 6.63. The van der Waals surface area contributed by atoms with Gasteiger partial charge in [-0.05, 0) is 48.8 Å². The number of aromatic nitrogens is 3. The summed E-state index contributed by atoms with van der Waals surface area (Å²) in [6.07, 6.45) is 3.88. The summed E-state index contributed by atoms with van der Waals surface area (Å²) in [6.45, 7) is 1.39. The number of nitrogens with zero attached hydrogens (tertiary/aromatic N) is 3. The van der Waals surface area contributed by atoms with Crippen molar-refractivity contribution in [2.45, 2.75) is 18.0 Å². The summed E-state index contributed by atoms with van der Waals surface area (Å²) in [5.74, 6) is 2.07. The quantitative estimate of drug-likeness (QED) is 0.390. The SMILES string of the molecule is CNCc1cnn(Cc2cc(OC)c3c(NSc4ccccc4OC)noc3c2)c1. The Morgan fingerprint density at radius 3 is 2.73 bits per heavy atom. The zero-order chi connectivity index (χ0) is 20.9. The molecule has 0 aliphatic carbocycles. The Balaban J connectivity index is 1.57. The molecule has 156 valence electrons. The highest BCUT2D eigenvalue weighted by atomic mass is 32.2. The Hall–Kier alpha value is -3.17. The van der Waals surface area contributed by atoms with Crippen molar-refractivity contribution in [3.05, 3.63) is 59.9 Å². The summed E-state index contributed by atoms with van der Waals surface area (Å²) in [5, 5.41) is 12.5. The number of anilines is 1. The molecule has 0 saturated heterocycles. The summed E-state index contributed by atoms with van der Waals surface area (Å²) >= 11 is 1.40. The molecule has 4 rings (SSSR count). The normalized spacial score (nSPS) is 11.0. The van der Waals surface area contributed by atoms with Crippen LogP contribution in [0, 0.1) is 0 Å². The summed E-state index contributed by atoms with van der Waals surface area (Å²) in [7, 11) is 5.20. The minimum atomic E-state index is 0.597. The Morgan fingerprint density at radius 2 is 1.93 bits per heavy atom. The maximum atomic E-state index is 5.63. The van der Waals surface area contributed by atoms with Gasteiger partial charge in [0.2, 0.25) is 0 Å². The lowest BCUT2D eigenvalue weighted by Crippen LogP contribution is -2.04. The number of ether oxygens (including phenoxy) is 2. The lowest BCUT2D eigenvalue weighted by molar-refractivity contribution is 0.405. The van der Waals surface area contributed by atoms with Crippen LogP contribution in [0.2, 0.25) is 0 Å². The van der Waals surface area contributed by atoms with Crippen LogP contribution in [-0.2, 0) is 13.1 Å². The van der Waals surface area contributed by atoms with Crippen molar-refractivity contribution in [2.24, 2.45) is 0 Å². The number of hydrogen-bond donors (Lipinski definition) is 2. The first-order chi connectivity index (χ1) is 14.7. The van der Waals surface area contributed by atoms with Gasteiger partial charge in [0.1, 0.15) is 16.9 Å². The van der Waals surface area contributed by atoms with Gasteiger partial charge in [-0.3, -0.25) is 4.68 Å². The van der Waals surface area contributed by atoms with Gasteiger partial charge in [0.15, 0.2) is 11.4 Å². The van der Waals surface area contributed by atoms with E-state index in [1.807, 2.05) is 60.5 Å². The predicted molar refractivity (Wildman–Crippen MR) is 117 cm³/mol. The molecule has 0 radical (unpaired) electrons. The van der Waals surface area contributed by atoms with Crippen LogP contribution < -0.4 is 19.5 Å². The molecular weight excluding hydrogens is 402 g/mol. The van der Waals surface area contributed by atoms with Crippen LogP contribution in [0.5, 0.6) is 11.5 Å². The van der Waals surface area contributed by atoms with Crippen molar-refractivity contribution in [1.82, 2.24) is 20.3 Å². The Morgan fingerprint density at radius 1 is 1.10 bits per heavy atom. The smallest absolute Gasteiger partial charge is 0.191 e. The molecule has 9 heteroatoms. The highest BCUT2D eigenvalue weighted by molar-refractivity contribution is 8.00. The number of nitrogens with one attached hydrogen (secondary N) is 2. The monoisotopic (exact) mass is 425 g/mol. The fourth-order valence-electron chi connectivity index (χ4n) is 3.19. The average molecular weight is 426 g/mol. The van der Waals surface area contributed by atoms with Gasteiger partial charge in [-0.15, -0.1) is 0 Å². The van der Waals surface area contributed by atoms with Gasteiger partial charge in [0.05, 0.1) is 31.9 Å². The predicted octanol–water partition coefficient (Wildman–Crippen LogP) is 3.93. The second-order valence-corrected chi connectivity index (χ2v) is 7.48. The molecule has 0 aliphatic rings. The molecule has 2 heterocycles.